The number of nitrogens with zero attached hydrogens (tertiary/aromatic N) is 4. The molecule has 8 heteroatoms. The molecule has 1 fully saturated rings. The SMILES string of the molecule is COCCN1CCN(C(=O)NC(C)c2nc(-c3ccc(C)cc3)no2)CC1. The second-order valence-electron chi connectivity index (χ2n) is 6.81. The van der Waals surface area contributed by atoms with Crippen molar-refractivity contribution in [2.75, 3.05) is 46.4 Å². The zero-order valence-electron chi connectivity index (χ0n) is 16.1. The van der Waals surface area contributed by atoms with Crippen LogP contribution in [0.25, 0.3) is 11.4 Å². The largest absolute Gasteiger partial charge is 0.383 e. The summed E-state index contributed by atoms with van der Waals surface area (Å²) >= 11 is 0. The maximum Gasteiger partial charge on any atom is 0.318 e. The minimum absolute atomic E-state index is 0.107. The third-order valence-corrected chi connectivity index (χ3v) is 4.73. The maximum absolute atomic E-state index is 12.5. The highest BCUT2D eigenvalue weighted by Gasteiger charge is 2.24. The summed E-state index contributed by atoms with van der Waals surface area (Å²) in [5.74, 6) is 0.926. The van der Waals surface area contributed by atoms with Gasteiger partial charge in [0.25, 0.3) is 0 Å². The van der Waals surface area contributed by atoms with E-state index in [1.807, 2.05) is 43.0 Å². The van der Waals surface area contributed by atoms with Gasteiger partial charge in [0.1, 0.15) is 6.04 Å². The summed E-state index contributed by atoms with van der Waals surface area (Å²) < 4.78 is 10.4. The van der Waals surface area contributed by atoms with Gasteiger partial charge in [-0.25, -0.2) is 4.79 Å². The quantitative estimate of drug-likeness (QED) is 0.835. The Kier molecular flexibility index (Phi) is 6.41. The van der Waals surface area contributed by atoms with E-state index in [0.717, 1.165) is 25.2 Å². The first-order valence-corrected chi connectivity index (χ1v) is 9.24. The molecule has 146 valence electrons. The number of carbonyl (C=O) groups is 1. The molecular weight excluding hydrogens is 346 g/mol. The van der Waals surface area contributed by atoms with E-state index >= 15 is 0 Å². The number of carbonyl (C=O) groups excluding carboxylic acids is 1. The number of methoxy groups -OCH3 is 1. The van der Waals surface area contributed by atoms with Crippen molar-refractivity contribution >= 4 is 6.03 Å². The predicted octanol–water partition coefficient (Wildman–Crippen LogP) is 2.08. The van der Waals surface area contributed by atoms with Crippen LogP contribution in [0.2, 0.25) is 0 Å². The summed E-state index contributed by atoms with van der Waals surface area (Å²) in [6.45, 7) is 8.57. The van der Waals surface area contributed by atoms with Crippen LogP contribution in [0.15, 0.2) is 28.8 Å². The van der Waals surface area contributed by atoms with Crippen molar-refractivity contribution in [3.63, 3.8) is 0 Å². The maximum atomic E-state index is 12.5. The van der Waals surface area contributed by atoms with Gasteiger partial charge >= 0.3 is 6.03 Å². The summed E-state index contributed by atoms with van der Waals surface area (Å²) in [6.07, 6.45) is 0. The van der Waals surface area contributed by atoms with Crippen molar-refractivity contribution in [3.8, 4) is 11.4 Å². The van der Waals surface area contributed by atoms with Gasteiger partial charge in [0.15, 0.2) is 0 Å². The number of nitrogens with one attached hydrogen (secondary N) is 1. The predicted molar refractivity (Wildman–Crippen MR) is 101 cm³/mol. The highest BCUT2D eigenvalue weighted by Crippen LogP contribution is 2.19. The molecule has 1 aliphatic rings. The Morgan fingerprint density at radius 3 is 2.63 bits per heavy atom. The van der Waals surface area contributed by atoms with Crippen molar-refractivity contribution < 1.29 is 14.1 Å². The number of hydrogen-bond donors (Lipinski definition) is 1. The third kappa shape index (κ3) is 5.05. The fourth-order valence-corrected chi connectivity index (χ4v) is 2.96. The van der Waals surface area contributed by atoms with E-state index in [0.29, 0.717) is 31.4 Å². The minimum atomic E-state index is -0.351. The Bertz CT molecular complexity index is 738. The summed E-state index contributed by atoms with van der Waals surface area (Å²) in [4.78, 5) is 21.0. The van der Waals surface area contributed by atoms with Crippen LogP contribution >= 0.6 is 0 Å². The Hall–Kier alpha value is -2.45. The van der Waals surface area contributed by atoms with Crippen LogP contribution < -0.4 is 5.32 Å². The number of urea groups is 1. The molecule has 3 rings (SSSR count). The van der Waals surface area contributed by atoms with Gasteiger partial charge in [-0.15, -0.1) is 0 Å². The molecule has 1 aliphatic heterocycles. The first kappa shape index (κ1) is 19.3. The van der Waals surface area contributed by atoms with Crippen LogP contribution in [0.5, 0.6) is 0 Å². The first-order valence-electron chi connectivity index (χ1n) is 9.24. The number of piperazine rings is 1. The van der Waals surface area contributed by atoms with Gasteiger partial charge in [-0.05, 0) is 13.8 Å². The highest BCUT2D eigenvalue weighted by molar-refractivity contribution is 5.74. The zero-order valence-corrected chi connectivity index (χ0v) is 16.1. The molecule has 1 aromatic carbocycles. The van der Waals surface area contributed by atoms with Crippen molar-refractivity contribution in [1.82, 2.24) is 25.3 Å². The van der Waals surface area contributed by atoms with Crippen molar-refractivity contribution in [2.24, 2.45) is 0 Å². The fourth-order valence-electron chi connectivity index (χ4n) is 2.96. The van der Waals surface area contributed by atoms with Crippen LogP contribution in [0, 0.1) is 6.92 Å². The van der Waals surface area contributed by atoms with Gasteiger partial charge in [-0.1, -0.05) is 35.0 Å². The van der Waals surface area contributed by atoms with E-state index < -0.39 is 0 Å². The Labute approximate surface area is 159 Å². The average molecular weight is 373 g/mol. The molecule has 8 nitrogen and oxygen atoms in total. The number of ether oxygens (including phenoxy) is 1. The molecule has 1 saturated heterocycles. The van der Waals surface area contributed by atoms with Crippen molar-refractivity contribution in [1.29, 1.82) is 0 Å². The Balaban J connectivity index is 1.52. The smallest absolute Gasteiger partial charge is 0.318 e. The van der Waals surface area contributed by atoms with Crippen LogP contribution in [0.4, 0.5) is 4.79 Å². The number of rotatable bonds is 6. The molecule has 2 heterocycles. The van der Waals surface area contributed by atoms with Crippen molar-refractivity contribution in [3.05, 3.63) is 35.7 Å². The van der Waals surface area contributed by atoms with Crippen LogP contribution in [-0.2, 0) is 4.74 Å². The lowest BCUT2D eigenvalue weighted by Gasteiger charge is -2.34. The van der Waals surface area contributed by atoms with E-state index in [1.54, 1.807) is 7.11 Å². The lowest BCUT2D eigenvalue weighted by Crippen LogP contribution is -2.52. The van der Waals surface area contributed by atoms with Gasteiger partial charge in [-0.2, -0.15) is 4.98 Å². The number of aromatic nitrogens is 2. The van der Waals surface area contributed by atoms with Crippen LogP contribution in [-0.4, -0.2) is 72.4 Å². The standard InChI is InChI=1S/C19H27N5O3/c1-14-4-6-16(7-5-14)17-21-18(27-22-17)15(2)20-19(25)24-10-8-23(9-11-24)12-13-26-3/h4-7,15H,8-13H2,1-3H3,(H,20,25). The molecule has 1 unspecified atom stereocenters. The molecule has 1 N–H and O–H groups in total. The normalized spacial score (nSPS) is 16.3. The van der Waals surface area contributed by atoms with E-state index in [2.05, 4.69) is 20.4 Å². The molecule has 1 atom stereocenters. The third-order valence-electron chi connectivity index (χ3n) is 4.73. The zero-order chi connectivity index (χ0) is 19.2. The molecule has 2 aromatic rings. The molecule has 27 heavy (non-hydrogen) atoms. The average Bonchev–Trinajstić information content (AvgIpc) is 3.17. The summed E-state index contributed by atoms with van der Waals surface area (Å²) in [7, 11) is 1.70. The molecule has 0 aliphatic carbocycles. The number of benzene rings is 1. The van der Waals surface area contributed by atoms with Gasteiger partial charge in [0.05, 0.1) is 6.61 Å². The van der Waals surface area contributed by atoms with E-state index in [9.17, 15) is 4.79 Å². The number of hydrogen-bond acceptors (Lipinski definition) is 6. The second-order valence-corrected chi connectivity index (χ2v) is 6.81. The molecule has 2 amide bonds. The molecule has 0 saturated carbocycles. The number of aryl methyl sites for hydroxylation is 1. The summed E-state index contributed by atoms with van der Waals surface area (Å²) in [5, 5.41) is 6.97. The topological polar surface area (TPSA) is 83.7 Å². The van der Waals surface area contributed by atoms with E-state index in [1.165, 1.54) is 5.56 Å². The highest BCUT2D eigenvalue weighted by atomic mass is 16.5. The molecule has 1 aromatic heterocycles. The monoisotopic (exact) mass is 373 g/mol. The van der Waals surface area contributed by atoms with Gasteiger partial charge in [0, 0.05) is 45.4 Å². The summed E-state index contributed by atoms with van der Waals surface area (Å²) in [5.41, 5.74) is 2.06. The summed E-state index contributed by atoms with van der Waals surface area (Å²) in [6, 6.07) is 7.46. The molecular formula is C19H27N5O3. The molecule has 0 radical (unpaired) electrons. The lowest BCUT2D eigenvalue weighted by atomic mass is 10.1. The lowest BCUT2D eigenvalue weighted by molar-refractivity contribution is 0.105. The van der Waals surface area contributed by atoms with Gasteiger partial charge < -0.3 is 19.5 Å². The Morgan fingerprint density at radius 1 is 1.26 bits per heavy atom. The molecule has 0 bridgehead atoms. The first-order chi connectivity index (χ1) is 13.1. The van der Waals surface area contributed by atoms with Gasteiger partial charge in [-0.3, -0.25) is 4.90 Å². The van der Waals surface area contributed by atoms with Crippen molar-refractivity contribution in [2.45, 2.75) is 19.9 Å². The molecule has 0 spiro atoms. The Morgan fingerprint density at radius 2 is 1.96 bits per heavy atom. The second kappa shape index (κ2) is 8.96. The van der Waals surface area contributed by atoms with Crippen LogP contribution in [0.3, 0.4) is 0 Å². The minimum Gasteiger partial charge on any atom is -0.383 e. The fraction of sp³-hybridized carbons (Fsp3) is 0.526. The number of amides is 2. The van der Waals surface area contributed by atoms with E-state index in [4.69, 9.17) is 9.26 Å². The van der Waals surface area contributed by atoms with E-state index in [-0.39, 0.29) is 12.1 Å². The van der Waals surface area contributed by atoms with Gasteiger partial charge in [0.2, 0.25) is 11.7 Å². The van der Waals surface area contributed by atoms with Crippen LogP contribution in [0.1, 0.15) is 24.4 Å².